The first-order valence-corrected chi connectivity index (χ1v) is 6.45. The average Bonchev–Trinajstić information content (AvgIpc) is 2.42. The minimum Gasteiger partial charge on any atom is -0.493 e. The van der Waals surface area contributed by atoms with Crippen molar-refractivity contribution in [3.63, 3.8) is 0 Å². The summed E-state index contributed by atoms with van der Waals surface area (Å²) in [5, 5.41) is 2.74. The number of carbonyl (C=O) groups is 2. The van der Waals surface area contributed by atoms with Crippen molar-refractivity contribution < 1.29 is 14.3 Å². The van der Waals surface area contributed by atoms with E-state index in [1.165, 1.54) is 0 Å². The normalized spacial score (nSPS) is 18.9. The molecule has 1 atom stereocenters. The Morgan fingerprint density at radius 2 is 2.21 bits per heavy atom. The second-order valence-corrected chi connectivity index (χ2v) is 4.39. The Bertz CT molecular complexity index is 487. The van der Waals surface area contributed by atoms with Crippen molar-refractivity contribution in [2.24, 2.45) is 0 Å². The van der Waals surface area contributed by atoms with Crippen LogP contribution in [0.5, 0.6) is 5.75 Å². The summed E-state index contributed by atoms with van der Waals surface area (Å²) in [6, 6.07) is 6.67. The Morgan fingerprint density at radius 3 is 2.95 bits per heavy atom. The van der Waals surface area contributed by atoms with Crippen LogP contribution in [0.4, 0.5) is 0 Å². The summed E-state index contributed by atoms with van der Waals surface area (Å²) in [4.78, 5) is 25.7. The molecule has 102 valence electrons. The zero-order valence-electron chi connectivity index (χ0n) is 11.2. The first-order chi connectivity index (χ1) is 9.15. The highest BCUT2D eigenvalue weighted by molar-refractivity contribution is 6.00. The van der Waals surface area contributed by atoms with Crippen molar-refractivity contribution in [2.45, 2.75) is 19.9 Å². The number of piperazine rings is 1. The molecule has 0 saturated carbocycles. The monoisotopic (exact) mass is 262 g/mol. The molecule has 2 amide bonds. The van der Waals surface area contributed by atoms with Gasteiger partial charge in [0.1, 0.15) is 11.8 Å². The quantitative estimate of drug-likeness (QED) is 0.885. The smallest absolute Gasteiger partial charge is 0.258 e. The van der Waals surface area contributed by atoms with Crippen LogP contribution in [0.2, 0.25) is 0 Å². The molecule has 19 heavy (non-hydrogen) atoms. The van der Waals surface area contributed by atoms with Crippen molar-refractivity contribution in [3.05, 3.63) is 29.8 Å². The molecule has 1 saturated heterocycles. The van der Waals surface area contributed by atoms with Gasteiger partial charge in [-0.05, 0) is 26.0 Å². The first-order valence-electron chi connectivity index (χ1n) is 6.45. The zero-order valence-corrected chi connectivity index (χ0v) is 11.2. The Labute approximate surface area is 112 Å². The number of carbonyl (C=O) groups excluding carboxylic acids is 2. The lowest BCUT2D eigenvalue weighted by Gasteiger charge is -2.33. The van der Waals surface area contributed by atoms with E-state index >= 15 is 0 Å². The maximum absolute atomic E-state index is 12.5. The number of ether oxygens (including phenoxy) is 1. The van der Waals surface area contributed by atoms with Gasteiger partial charge < -0.3 is 15.0 Å². The number of nitrogens with one attached hydrogen (secondary N) is 1. The zero-order chi connectivity index (χ0) is 13.8. The molecule has 1 N–H and O–H groups in total. The number of hydrogen-bond donors (Lipinski definition) is 1. The van der Waals surface area contributed by atoms with Crippen LogP contribution in [0, 0.1) is 0 Å². The largest absolute Gasteiger partial charge is 0.493 e. The molecule has 0 bridgehead atoms. The maximum Gasteiger partial charge on any atom is 0.258 e. The second-order valence-electron chi connectivity index (χ2n) is 4.39. The molecule has 1 aliphatic rings. The minimum absolute atomic E-state index is 0.117. The van der Waals surface area contributed by atoms with E-state index in [4.69, 9.17) is 4.74 Å². The highest BCUT2D eigenvalue weighted by atomic mass is 16.5. The van der Waals surface area contributed by atoms with E-state index in [9.17, 15) is 9.59 Å². The average molecular weight is 262 g/mol. The number of benzene rings is 1. The van der Waals surface area contributed by atoms with Crippen LogP contribution in [0.25, 0.3) is 0 Å². The molecule has 0 aliphatic carbocycles. The fourth-order valence-corrected chi connectivity index (χ4v) is 2.14. The van der Waals surface area contributed by atoms with Crippen molar-refractivity contribution in [1.29, 1.82) is 0 Å². The Morgan fingerprint density at radius 1 is 1.47 bits per heavy atom. The molecule has 0 spiro atoms. The van der Waals surface area contributed by atoms with Crippen LogP contribution in [-0.4, -0.2) is 42.5 Å². The molecule has 2 rings (SSSR count). The van der Waals surface area contributed by atoms with Gasteiger partial charge in [0.25, 0.3) is 5.91 Å². The predicted octanol–water partition coefficient (Wildman–Crippen LogP) is 1.05. The molecule has 0 aromatic heterocycles. The molecule has 0 radical (unpaired) electrons. The van der Waals surface area contributed by atoms with Gasteiger partial charge in [0, 0.05) is 13.1 Å². The lowest BCUT2D eigenvalue weighted by molar-refractivity contribution is -0.127. The van der Waals surface area contributed by atoms with Crippen molar-refractivity contribution in [3.8, 4) is 5.75 Å². The molecule has 5 heteroatoms. The number of nitrogens with zero attached hydrogens (tertiary/aromatic N) is 1. The Hall–Kier alpha value is -2.04. The van der Waals surface area contributed by atoms with E-state index < -0.39 is 6.04 Å². The Balaban J connectivity index is 2.26. The van der Waals surface area contributed by atoms with Gasteiger partial charge in [-0.25, -0.2) is 0 Å². The van der Waals surface area contributed by atoms with E-state index in [1.807, 2.05) is 13.0 Å². The van der Waals surface area contributed by atoms with Crippen LogP contribution >= 0.6 is 0 Å². The van der Waals surface area contributed by atoms with E-state index in [1.54, 1.807) is 30.0 Å². The fraction of sp³-hybridized carbons (Fsp3) is 0.429. The van der Waals surface area contributed by atoms with Crippen LogP contribution in [0.1, 0.15) is 24.2 Å². The molecule has 1 heterocycles. The van der Waals surface area contributed by atoms with Gasteiger partial charge in [-0.2, -0.15) is 0 Å². The lowest BCUT2D eigenvalue weighted by Crippen LogP contribution is -2.55. The maximum atomic E-state index is 12.5. The second kappa shape index (κ2) is 5.73. The topological polar surface area (TPSA) is 58.6 Å². The third kappa shape index (κ3) is 2.70. The minimum atomic E-state index is -0.448. The van der Waals surface area contributed by atoms with Crippen molar-refractivity contribution in [1.82, 2.24) is 10.2 Å². The highest BCUT2D eigenvalue weighted by Gasteiger charge is 2.30. The predicted molar refractivity (Wildman–Crippen MR) is 71.1 cm³/mol. The summed E-state index contributed by atoms with van der Waals surface area (Å²) in [6.07, 6.45) is 0. The van der Waals surface area contributed by atoms with Gasteiger partial charge in [-0.1, -0.05) is 12.1 Å². The molecule has 1 aromatic rings. The summed E-state index contributed by atoms with van der Waals surface area (Å²) < 4.78 is 5.46. The molecule has 1 unspecified atom stereocenters. The van der Waals surface area contributed by atoms with Crippen LogP contribution in [-0.2, 0) is 4.79 Å². The summed E-state index contributed by atoms with van der Waals surface area (Å²) >= 11 is 0. The molecule has 1 aliphatic heterocycles. The van der Waals surface area contributed by atoms with Crippen LogP contribution in [0.3, 0.4) is 0 Å². The standard InChI is InChI=1S/C14H18N2O3/c1-3-19-12-7-5-4-6-11(12)14(18)16-9-8-15-13(17)10(16)2/h4-7,10H,3,8-9H2,1-2H3,(H,15,17). The van der Waals surface area contributed by atoms with Gasteiger partial charge in [-0.15, -0.1) is 0 Å². The number of hydrogen-bond acceptors (Lipinski definition) is 3. The van der Waals surface area contributed by atoms with E-state index in [2.05, 4.69) is 5.32 Å². The highest BCUT2D eigenvalue weighted by Crippen LogP contribution is 2.21. The molecular weight excluding hydrogens is 244 g/mol. The third-order valence-electron chi connectivity index (χ3n) is 3.18. The molecule has 1 aromatic carbocycles. The van der Waals surface area contributed by atoms with Gasteiger partial charge in [0.2, 0.25) is 5.91 Å². The number of rotatable bonds is 3. The Kier molecular flexibility index (Phi) is 4.04. The molecular formula is C14H18N2O3. The summed E-state index contributed by atoms with van der Waals surface area (Å²) in [7, 11) is 0. The SMILES string of the molecule is CCOc1ccccc1C(=O)N1CCNC(=O)C1C. The number of para-hydroxylation sites is 1. The van der Waals surface area contributed by atoms with Gasteiger partial charge in [0.15, 0.2) is 0 Å². The van der Waals surface area contributed by atoms with Gasteiger partial charge >= 0.3 is 0 Å². The third-order valence-corrected chi connectivity index (χ3v) is 3.18. The first kappa shape index (κ1) is 13.4. The van der Waals surface area contributed by atoms with Crippen molar-refractivity contribution >= 4 is 11.8 Å². The lowest BCUT2D eigenvalue weighted by atomic mass is 10.1. The van der Waals surface area contributed by atoms with E-state index in [0.29, 0.717) is 31.0 Å². The summed E-state index contributed by atoms with van der Waals surface area (Å²) in [5.41, 5.74) is 0.505. The van der Waals surface area contributed by atoms with Gasteiger partial charge in [0.05, 0.1) is 12.2 Å². The fourth-order valence-electron chi connectivity index (χ4n) is 2.14. The summed E-state index contributed by atoms with van der Waals surface area (Å²) in [6.45, 7) is 5.12. The molecule has 1 fully saturated rings. The van der Waals surface area contributed by atoms with Crippen LogP contribution in [0.15, 0.2) is 24.3 Å². The van der Waals surface area contributed by atoms with Crippen molar-refractivity contribution in [2.75, 3.05) is 19.7 Å². The van der Waals surface area contributed by atoms with Crippen LogP contribution < -0.4 is 10.1 Å². The number of amides is 2. The van der Waals surface area contributed by atoms with E-state index in [-0.39, 0.29) is 11.8 Å². The van der Waals surface area contributed by atoms with E-state index in [0.717, 1.165) is 0 Å². The summed E-state index contributed by atoms with van der Waals surface area (Å²) in [5.74, 6) is 0.285. The van der Waals surface area contributed by atoms with Gasteiger partial charge in [-0.3, -0.25) is 9.59 Å². The molecule has 5 nitrogen and oxygen atoms in total.